The zero-order chi connectivity index (χ0) is 15.9. The van der Waals surface area contributed by atoms with Gasteiger partial charge in [0.05, 0.1) is 19.8 Å². The van der Waals surface area contributed by atoms with Crippen molar-refractivity contribution in [1.82, 2.24) is 5.32 Å². The van der Waals surface area contributed by atoms with Crippen LogP contribution < -0.4 is 14.8 Å². The van der Waals surface area contributed by atoms with E-state index in [0.29, 0.717) is 11.5 Å². The van der Waals surface area contributed by atoms with Gasteiger partial charge in [0.25, 0.3) is 0 Å². The van der Waals surface area contributed by atoms with Crippen LogP contribution in [0.5, 0.6) is 11.5 Å². The Morgan fingerprint density at radius 1 is 1.00 bits per heavy atom. The SMILES string of the molecule is CCc1ccc(CNC(=S)c2cc(OC)ccc2OC)cc1. The summed E-state index contributed by atoms with van der Waals surface area (Å²) in [5.74, 6) is 1.49. The summed E-state index contributed by atoms with van der Waals surface area (Å²) in [6, 6.07) is 14.1. The highest BCUT2D eigenvalue weighted by Crippen LogP contribution is 2.24. The van der Waals surface area contributed by atoms with Crippen LogP contribution in [0.4, 0.5) is 0 Å². The van der Waals surface area contributed by atoms with Crippen LogP contribution in [0.2, 0.25) is 0 Å². The van der Waals surface area contributed by atoms with E-state index in [2.05, 4.69) is 36.5 Å². The molecule has 0 aliphatic rings. The van der Waals surface area contributed by atoms with Gasteiger partial charge in [-0.1, -0.05) is 43.4 Å². The molecule has 2 rings (SSSR count). The van der Waals surface area contributed by atoms with Gasteiger partial charge in [0, 0.05) is 6.54 Å². The molecule has 116 valence electrons. The van der Waals surface area contributed by atoms with Crippen molar-refractivity contribution < 1.29 is 9.47 Å². The zero-order valence-corrected chi connectivity index (χ0v) is 14.0. The van der Waals surface area contributed by atoms with E-state index in [4.69, 9.17) is 21.7 Å². The fourth-order valence-corrected chi connectivity index (χ4v) is 2.39. The second-order valence-electron chi connectivity index (χ2n) is 4.92. The minimum Gasteiger partial charge on any atom is -0.497 e. The number of rotatable bonds is 6. The van der Waals surface area contributed by atoms with Crippen LogP contribution in [0.3, 0.4) is 0 Å². The van der Waals surface area contributed by atoms with Gasteiger partial charge in [-0.05, 0) is 35.7 Å². The highest BCUT2D eigenvalue weighted by molar-refractivity contribution is 7.80. The molecule has 0 amide bonds. The molecule has 0 radical (unpaired) electrons. The molecule has 2 aromatic rings. The van der Waals surface area contributed by atoms with E-state index in [1.807, 2.05) is 18.2 Å². The summed E-state index contributed by atoms with van der Waals surface area (Å²) in [6.07, 6.45) is 1.05. The third-order valence-corrected chi connectivity index (χ3v) is 3.90. The van der Waals surface area contributed by atoms with E-state index >= 15 is 0 Å². The van der Waals surface area contributed by atoms with E-state index < -0.39 is 0 Å². The fourth-order valence-electron chi connectivity index (χ4n) is 2.16. The highest BCUT2D eigenvalue weighted by Gasteiger charge is 2.10. The summed E-state index contributed by atoms with van der Waals surface area (Å²) in [5, 5.41) is 3.27. The van der Waals surface area contributed by atoms with Gasteiger partial charge in [-0.15, -0.1) is 0 Å². The van der Waals surface area contributed by atoms with E-state index in [0.717, 1.165) is 23.5 Å². The Bertz CT molecular complexity index is 638. The third kappa shape index (κ3) is 3.98. The van der Waals surface area contributed by atoms with Gasteiger partial charge in [0.2, 0.25) is 0 Å². The minimum absolute atomic E-state index is 0.648. The molecule has 0 saturated heterocycles. The molecule has 0 aliphatic heterocycles. The Kier molecular flexibility index (Phi) is 5.78. The molecular formula is C18H21NO2S. The largest absolute Gasteiger partial charge is 0.497 e. The monoisotopic (exact) mass is 315 g/mol. The summed E-state index contributed by atoms with van der Waals surface area (Å²) in [5.41, 5.74) is 3.37. The molecule has 3 nitrogen and oxygen atoms in total. The normalized spacial score (nSPS) is 10.1. The van der Waals surface area contributed by atoms with Gasteiger partial charge in [-0.25, -0.2) is 0 Å². The van der Waals surface area contributed by atoms with Crippen molar-refractivity contribution in [2.45, 2.75) is 19.9 Å². The molecule has 0 atom stereocenters. The van der Waals surface area contributed by atoms with Crippen molar-refractivity contribution in [2.75, 3.05) is 14.2 Å². The van der Waals surface area contributed by atoms with Gasteiger partial charge >= 0.3 is 0 Å². The van der Waals surface area contributed by atoms with Gasteiger partial charge < -0.3 is 14.8 Å². The molecule has 0 heterocycles. The summed E-state index contributed by atoms with van der Waals surface area (Å²) in [6.45, 7) is 2.83. The number of hydrogen-bond acceptors (Lipinski definition) is 3. The number of thiocarbonyl (C=S) groups is 1. The Labute approximate surface area is 137 Å². The van der Waals surface area contributed by atoms with Crippen LogP contribution in [0.1, 0.15) is 23.6 Å². The van der Waals surface area contributed by atoms with Crippen LogP contribution in [0.15, 0.2) is 42.5 Å². The van der Waals surface area contributed by atoms with Gasteiger partial charge in [-0.2, -0.15) is 0 Å². The Hall–Kier alpha value is -2.07. The Morgan fingerprint density at radius 2 is 1.68 bits per heavy atom. The van der Waals surface area contributed by atoms with Crippen molar-refractivity contribution >= 4 is 17.2 Å². The first-order valence-corrected chi connectivity index (χ1v) is 7.66. The van der Waals surface area contributed by atoms with Crippen LogP contribution >= 0.6 is 12.2 Å². The maximum atomic E-state index is 5.48. The second-order valence-corrected chi connectivity index (χ2v) is 5.33. The predicted octanol–water partition coefficient (Wildman–Crippen LogP) is 3.73. The maximum absolute atomic E-state index is 5.48. The van der Waals surface area contributed by atoms with Crippen molar-refractivity contribution in [3.05, 3.63) is 59.2 Å². The zero-order valence-electron chi connectivity index (χ0n) is 13.2. The number of aryl methyl sites for hydroxylation is 1. The van der Waals surface area contributed by atoms with Gasteiger partial charge in [-0.3, -0.25) is 0 Å². The lowest BCUT2D eigenvalue weighted by molar-refractivity contribution is 0.402. The molecule has 0 unspecified atom stereocenters. The number of nitrogens with one attached hydrogen (secondary N) is 1. The topological polar surface area (TPSA) is 30.5 Å². The van der Waals surface area contributed by atoms with E-state index in [1.54, 1.807) is 14.2 Å². The van der Waals surface area contributed by atoms with Gasteiger partial charge in [0.15, 0.2) is 0 Å². The molecule has 2 aromatic carbocycles. The van der Waals surface area contributed by atoms with Crippen molar-refractivity contribution in [3.8, 4) is 11.5 Å². The third-order valence-electron chi connectivity index (χ3n) is 3.54. The summed E-state index contributed by atoms with van der Waals surface area (Å²) in [7, 11) is 3.27. The predicted molar refractivity (Wildman–Crippen MR) is 93.9 cm³/mol. The average Bonchev–Trinajstić information content (AvgIpc) is 2.59. The quantitative estimate of drug-likeness (QED) is 0.823. The van der Waals surface area contributed by atoms with Crippen LogP contribution in [0, 0.1) is 0 Å². The lowest BCUT2D eigenvalue weighted by Crippen LogP contribution is -2.22. The molecule has 0 bridgehead atoms. The number of methoxy groups -OCH3 is 2. The minimum atomic E-state index is 0.648. The number of benzene rings is 2. The van der Waals surface area contributed by atoms with Crippen LogP contribution in [-0.4, -0.2) is 19.2 Å². The van der Waals surface area contributed by atoms with Crippen molar-refractivity contribution in [3.63, 3.8) is 0 Å². The smallest absolute Gasteiger partial charge is 0.129 e. The number of hydrogen-bond donors (Lipinski definition) is 1. The average molecular weight is 315 g/mol. The standard InChI is InChI=1S/C18H21NO2S/c1-4-13-5-7-14(8-6-13)12-19-18(22)16-11-15(20-2)9-10-17(16)21-3/h5-11H,4,12H2,1-3H3,(H,19,22). The molecule has 4 heteroatoms. The molecule has 0 aromatic heterocycles. The molecule has 22 heavy (non-hydrogen) atoms. The first kappa shape index (κ1) is 16.3. The van der Waals surface area contributed by atoms with Crippen LogP contribution in [-0.2, 0) is 13.0 Å². The molecule has 0 spiro atoms. The summed E-state index contributed by atoms with van der Waals surface area (Å²) < 4.78 is 10.6. The molecule has 0 fully saturated rings. The molecule has 0 aliphatic carbocycles. The Balaban J connectivity index is 2.08. The first-order valence-electron chi connectivity index (χ1n) is 7.26. The van der Waals surface area contributed by atoms with E-state index in [-0.39, 0.29) is 0 Å². The van der Waals surface area contributed by atoms with E-state index in [9.17, 15) is 0 Å². The number of ether oxygens (including phenoxy) is 2. The fraction of sp³-hybridized carbons (Fsp3) is 0.278. The Morgan fingerprint density at radius 3 is 2.27 bits per heavy atom. The van der Waals surface area contributed by atoms with Crippen LogP contribution in [0.25, 0.3) is 0 Å². The molecule has 0 saturated carbocycles. The van der Waals surface area contributed by atoms with Crippen molar-refractivity contribution in [2.24, 2.45) is 0 Å². The maximum Gasteiger partial charge on any atom is 0.129 e. The molecular weight excluding hydrogens is 294 g/mol. The first-order chi connectivity index (χ1) is 10.7. The van der Waals surface area contributed by atoms with Gasteiger partial charge in [0.1, 0.15) is 16.5 Å². The molecule has 1 N–H and O–H groups in total. The van der Waals surface area contributed by atoms with Crippen molar-refractivity contribution in [1.29, 1.82) is 0 Å². The lowest BCUT2D eigenvalue weighted by atomic mass is 10.1. The highest BCUT2D eigenvalue weighted by atomic mass is 32.1. The second kappa shape index (κ2) is 7.80. The van der Waals surface area contributed by atoms with E-state index in [1.165, 1.54) is 11.1 Å². The lowest BCUT2D eigenvalue weighted by Gasteiger charge is -2.13. The summed E-state index contributed by atoms with van der Waals surface area (Å²) >= 11 is 5.48. The summed E-state index contributed by atoms with van der Waals surface area (Å²) in [4.78, 5) is 0.648.